The van der Waals surface area contributed by atoms with E-state index in [0.29, 0.717) is 0 Å². The van der Waals surface area contributed by atoms with Crippen LogP contribution in [-0.4, -0.2) is 21.9 Å². The maximum atomic E-state index is 12.0. The van der Waals surface area contributed by atoms with Crippen LogP contribution in [0, 0.1) is 0 Å². The van der Waals surface area contributed by atoms with Gasteiger partial charge in [-0.05, 0) is 36.5 Å². The third-order valence-electron chi connectivity index (χ3n) is 2.56. The van der Waals surface area contributed by atoms with Crippen molar-refractivity contribution in [2.45, 2.75) is 9.79 Å². The zero-order valence-corrected chi connectivity index (χ0v) is 13.6. The van der Waals surface area contributed by atoms with E-state index >= 15 is 0 Å². The average Bonchev–Trinajstić information content (AvgIpc) is 2.48. The van der Waals surface area contributed by atoms with Gasteiger partial charge < -0.3 is 0 Å². The van der Waals surface area contributed by atoms with Gasteiger partial charge in [-0.15, -0.1) is 0 Å². The van der Waals surface area contributed by atoms with Crippen molar-refractivity contribution in [1.82, 2.24) is 9.44 Å². The molecule has 0 radical (unpaired) electrons. The number of rotatable bonds is 4. The van der Waals surface area contributed by atoms with Crippen molar-refractivity contribution in [1.29, 1.82) is 0 Å². The Hall–Kier alpha value is -1.97. The van der Waals surface area contributed by atoms with Crippen LogP contribution in [0.3, 0.4) is 0 Å². The van der Waals surface area contributed by atoms with Gasteiger partial charge in [-0.1, -0.05) is 36.4 Å². The average molecular weight is 356 g/mol. The lowest BCUT2D eigenvalue weighted by atomic mass is 10.4. The molecule has 0 aromatic heterocycles. The third kappa shape index (κ3) is 4.03. The van der Waals surface area contributed by atoms with Gasteiger partial charge >= 0.3 is 0 Å². The maximum Gasteiger partial charge on any atom is 0.263 e. The molecular weight excluding hydrogens is 344 g/mol. The van der Waals surface area contributed by atoms with Crippen LogP contribution in [0.2, 0.25) is 0 Å². The number of nitrogens with one attached hydrogen (secondary N) is 2. The second-order valence-electron chi connectivity index (χ2n) is 4.17. The second kappa shape index (κ2) is 6.42. The Morgan fingerprint density at radius 2 is 1.00 bits per heavy atom. The highest BCUT2D eigenvalue weighted by Crippen LogP contribution is 2.09. The molecule has 9 heteroatoms. The van der Waals surface area contributed by atoms with Crippen LogP contribution in [-0.2, 0) is 20.0 Å². The second-order valence-corrected chi connectivity index (χ2v) is 7.94. The van der Waals surface area contributed by atoms with Crippen LogP contribution >= 0.6 is 12.2 Å². The highest BCUT2D eigenvalue weighted by atomic mass is 32.2. The minimum absolute atomic E-state index is 0.0174. The lowest BCUT2D eigenvalue weighted by Gasteiger charge is -2.11. The monoisotopic (exact) mass is 356 g/mol. The molecule has 116 valence electrons. The lowest BCUT2D eigenvalue weighted by molar-refractivity contribution is 0.590. The molecule has 22 heavy (non-hydrogen) atoms. The first-order valence-corrected chi connectivity index (χ1v) is 9.38. The molecule has 0 aliphatic carbocycles. The molecule has 6 nitrogen and oxygen atoms in total. The molecule has 0 amide bonds. The summed E-state index contributed by atoms with van der Waals surface area (Å²) < 4.78 is 52.1. The Morgan fingerprint density at radius 3 is 1.32 bits per heavy atom. The molecule has 0 saturated heterocycles. The zero-order chi connectivity index (χ0) is 16.2. The van der Waals surface area contributed by atoms with Gasteiger partial charge in [-0.2, -0.15) is 0 Å². The Kier molecular flexibility index (Phi) is 4.79. The van der Waals surface area contributed by atoms with E-state index in [4.69, 9.17) is 12.2 Å². The molecule has 0 aliphatic rings. The summed E-state index contributed by atoms with van der Waals surface area (Å²) in [6.45, 7) is 0. The van der Waals surface area contributed by atoms with E-state index in [0.717, 1.165) is 0 Å². The summed E-state index contributed by atoms with van der Waals surface area (Å²) in [5, 5.41) is -0.521. The largest absolute Gasteiger partial charge is 0.263 e. The number of benzene rings is 2. The van der Waals surface area contributed by atoms with Crippen LogP contribution in [0.4, 0.5) is 0 Å². The summed E-state index contributed by atoms with van der Waals surface area (Å²) >= 11 is 4.77. The molecule has 0 atom stereocenters. The fourth-order valence-electron chi connectivity index (χ4n) is 1.58. The molecule has 2 rings (SSSR count). The van der Waals surface area contributed by atoms with Gasteiger partial charge in [0.1, 0.15) is 0 Å². The number of hydrogen-bond acceptors (Lipinski definition) is 5. The predicted molar refractivity (Wildman–Crippen MR) is 86.1 cm³/mol. The van der Waals surface area contributed by atoms with Crippen LogP contribution < -0.4 is 9.44 Å². The Bertz CT molecular complexity index is 791. The van der Waals surface area contributed by atoms with Crippen molar-refractivity contribution >= 4 is 37.4 Å². The van der Waals surface area contributed by atoms with Crippen molar-refractivity contribution < 1.29 is 16.8 Å². The third-order valence-corrected chi connectivity index (χ3v) is 5.75. The van der Waals surface area contributed by atoms with Crippen LogP contribution in [0.1, 0.15) is 0 Å². The fraction of sp³-hybridized carbons (Fsp3) is 0. The quantitative estimate of drug-likeness (QED) is 0.804. The smallest absolute Gasteiger partial charge is 0.255 e. The topological polar surface area (TPSA) is 92.3 Å². The van der Waals surface area contributed by atoms with E-state index in [1.807, 2.05) is 9.44 Å². The van der Waals surface area contributed by atoms with Crippen molar-refractivity contribution in [3.8, 4) is 0 Å². The predicted octanol–water partition coefficient (Wildman–Crippen LogP) is 1.23. The van der Waals surface area contributed by atoms with E-state index < -0.39 is 25.2 Å². The Balaban J connectivity index is 2.14. The fourth-order valence-corrected chi connectivity index (χ4v) is 4.16. The highest BCUT2D eigenvalue weighted by molar-refractivity contribution is 7.94. The SMILES string of the molecule is O=S(=O)(NC(=S)NS(=O)(=O)c1ccccc1)c1ccccc1. The number of thiocarbonyl (C=S) groups is 1. The molecule has 0 saturated carbocycles. The molecule has 0 bridgehead atoms. The molecule has 0 unspecified atom stereocenters. The van der Waals surface area contributed by atoms with E-state index in [1.54, 1.807) is 36.4 Å². The number of sulfonamides is 2. The van der Waals surface area contributed by atoms with Crippen molar-refractivity contribution in [3.05, 3.63) is 60.7 Å². The van der Waals surface area contributed by atoms with Crippen LogP contribution in [0.25, 0.3) is 0 Å². The molecule has 0 spiro atoms. The van der Waals surface area contributed by atoms with Crippen molar-refractivity contribution in [2.75, 3.05) is 0 Å². The molecular formula is C13H12N2O4S3. The van der Waals surface area contributed by atoms with Gasteiger partial charge in [0.15, 0.2) is 5.11 Å². The molecule has 0 heterocycles. The first-order chi connectivity index (χ1) is 10.3. The summed E-state index contributed by atoms with van der Waals surface area (Å²) in [7, 11) is -7.86. The van der Waals surface area contributed by atoms with Crippen LogP contribution in [0.5, 0.6) is 0 Å². The van der Waals surface area contributed by atoms with Crippen LogP contribution in [0.15, 0.2) is 70.5 Å². The first-order valence-electron chi connectivity index (χ1n) is 6.01. The molecule has 2 aromatic rings. The summed E-state index contributed by atoms with van der Waals surface area (Å²) in [5.74, 6) is 0. The van der Waals surface area contributed by atoms with E-state index in [-0.39, 0.29) is 9.79 Å². The van der Waals surface area contributed by atoms with Gasteiger partial charge in [-0.25, -0.2) is 16.8 Å². The minimum Gasteiger partial charge on any atom is -0.255 e. The van der Waals surface area contributed by atoms with Gasteiger partial charge in [0, 0.05) is 0 Å². The first kappa shape index (κ1) is 16.4. The van der Waals surface area contributed by atoms with Crippen molar-refractivity contribution in [3.63, 3.8) is 0 Å². The van der Waals surface area contributed by atoms with Gasteiger partial charge in [-0.3, -0.25) is 9.44 Å². The summed E-state index contributed by atoms with van der Waals surface area (Å²) in [6, 6.07) is 15.0. The van der Waals surface area contributed by atoms with E-state index in [9.17, 15) is 16.8 Å². The normalized spacial score (nSPS) is 11.6. The lowest BCUT2D eigenvalue weighted by Crippen LogP contribution is -2.42. The molecule has 2 aromatic carbocycles. The summed E-state index contributed by atoms with van der Waals surface area (Å²) in [5.41, 5.74) is 0. The van der Waals surface area contributed by atoms with Gasteiger partial charge in [0.25, 0.3) is 20.0 Å². The van der Waals surface area contributed by atoms with Crippen molar-refractivity contribution in [2.24, 2.45) is 0 Å². The molecule has 0 aliphatic heterocycles. The van der Waals surface area contributed by atoms with E-state index in [1.165, 1.54) is 24.3 Å². The Labute approximate surface area is 134 Å². The minimum atomic E-state index is -3.93. The zero-order valence-electron chi connectivity index (χ0n) is 11.1. The molecule has 2 N–H and O–H groups in total. The maximum absolute atomic E-state index is 12.0. The molecule has 0 fully saturated rings. The summed E-state index contributed by atoms with van der Waals surface area (Å²) in [4.78, 5) is -0.0347. The van der Waals surface area contributed by atoms with E-state index in [2.05, 4.69) is 0 Å². The number of hydrogen-bond donors (Lipinski definition) is 2. The van der Waals surface area contributed by atoms with Gasteiger partial charge in [0.05, 0.1) is 9.79 Å². The highest BCUT2D eigenvalue weighted by Gasteiger charge is 2.19. The summed E-state index contributed by atoms with van der Waals surface area (Å²) in [6.07, 6.45) is 0. The van der Waals surface area contributed by atoms with Gasteiger partial charge in [0.2, 0.25) is 0 Å². The Morgan fingerprint density at radius 1 is 0.682 bits per heavy atom. The standard InChI is InChI=1S/C13H12N2O4S3/c16-21(17,11-7-3-1-4-8-11)14-13(20)15-22(18,19)12-9-5-2-6-10-12/h1-10H,(H2,14,15,20).